The van der Waals surface area contributed by atoms with Gasteiger partial charge in [-0.15, -0.1) is 0 Å². The molecule has 0 aliphatic carbocycles. The molecule has 1 aliphatic heterocycles. The van der Waals surface area contributed by atoms with Crippen LogP contribution in [0, 0.1) is 23.2 Å². The molecular weight excluding hydrogens is 516 g/mol. The fourth-order valence-electron chi connectivity index (χ4n) is 4.79. The number of hydrogen-bond donors (Lipinski definition) is 2. The maximum absolute atomic E-state index is 13.5. The maximum Gasteiger partial charge on any atom is 0.254 e. The number of carbonyl (C=O) groups excluding carboxylic acids is 2. The molecule has 0 unspecified atom stereocenters. The van der Waals surface area contributed by atoms with Crippen LogP contribution in [-0.2, 0) is 4.79 Å². The van der Waals surface area contributed by atoms with Crippen LogP contribution in [0.2, 0.25) is 0 Å². The average molecular weight is 547 g/mol. The van der Waals surface area contributed by atoms with Crippen molar-refractivity contribution < 1.29 is 9.59 Å². The van der Waals surface area contributed by atoms with Gasteiger partial charge in [0.25, 0.3) is 5.91 Å². The van der Waals surface area contributed by atoms with E-state index in [-0.39, 0.29) is 11.8 Å². The Kier molecular flexibility index (Phi) is 8.53. The van der Waals surface area contributed by atoms with Gasteiger partial charge in [0.1, 0.15) is 17.8 Å². The van der Waals surface area contributed by atoms with Crippen molar-refractivity contribution in [2.45, 2.75) is 6.92 Å². The second-order valence-electron chi connectivity index (χ2n) is 9.68. The highest BCUT2D eigenvalue weighted by Crippen LogP contribution is 2.29. The van der Waals surface area contributed by atoms with Crippen LogP contribution in [0.15, 0.2) is 67.1 Å². The van der Waals surface area contributed by atoms with Crippen molar-refractivity contribution in [1.82, 2.24) is 30.1 Å². The zero-order valence-corrected chi connectivity index (χ0v) is 22.8. The molecule has 10 nitrogen and oxygen atoms in total. The smallest absolute Gasteiger partial charge is 0.254 e. The Bertz CT molecular complexity index is 1650. The van der Waals surface area contributed by atoms with Crippen LogP contribution in [0.4, 0.5) is 11.5 Å². The molecule has 10 heteroatoms. The number of nitrogens with one attached hydrogen (secondary N) is 2. The summed E-state index contributed by atoms with van der Waals surface area (Å²) in [7, 11) is 0. The first-order valence-electron chi connectivity index (χ1n) is 13.4. The topological polar surface area (TPSA) is 121 Å². The molecule has 2 N–H and O–H groups in total. The van der Waals surface area contributed by atoms with E-state index in [1.807, 2.05) is 58.5 Å². The largest absolute Gasteiger partial charge is 0.355 e. The number of rotatable bonds is 7. The molecule has 2 aromatic carbocycles. The molecule has 1 fully saturated rings. The minimum absolute atomic E-state index is 0.0257. The third-order valence-corrected chi connectivity index (χ3v) is 6.89. The van der Waals surface area contributed by atoms with Crippen molar-refractivity contribution in [3.05, 3.63) is 83.8 Å². The SMILES string of the molecule is CC(=O)NCCN(c1cccc(C(=O)N2CCN(CC#Cc3cccc(C#N)c3)CC2)c1)c1ncnc2[nH]ccc12. The molecule has 0 radical (unpaired) electrons. The van der Waals surface area contributed by atoms with E-state index in [1.54, 1.807) is 12.1 Å². The second kappa shape index (κ2) is 12.8. The zero-order valence-electron chi connectivity index (χ0n) is 22.8. The van der Waals surface area contributed by atoms with Crippen LogP contribution in [0.1, 0.15) is 28.4 Å². The summed E-state index contributed by atoms with van der Waals surface area (Å²) in [4.78, 5) is 43.1. The molecule has 0 saturated carbocycles. The number of fused-ring (bicyclic) bond motifs is 1. The lowest BCUT2D eigenvalue weighted by Gasteiger charge is -2.34. The fraction of sp³-hybridized carbons (Fsp3) is 0.258. The lowest BCUT2D eigenvalue weighted by atomic mass is 10.1. The number of nitriles is 1. The average Bonchev–Trinajstić information content (AvgIpc) is 3.49. The monoisotopic (exact) mass is 546 g/mol. The Balaban J connectivity index is 1.26. The quantitative estimate of drug-likeness (QED) is 0.342. The highest BCUT2D eigenvalue weighted by Gasteiger charge is 2.23. The van der Waals surface area contributed by atoms with E-state index in [2.05, 4.69) is 43.1 Å². The zero-order chi connectivity index (χ0) is 28.6. The minimum atomic E-state index is -0.110. The lowest BCUT2D eigenvalue weighted by Crippen LogP contribution is -2.48. The van der Waals surface area contributed by atoms with E-state index in [0.29, 0.717) is 55.3 Å². The van der Waals surface area contributed by atoms with Crippen LogP contribution in [-0.4, -0.2) is 82.4 Å². The number of benzene rings is 2. The number of hydrogen-bond acceptors (Lipinski definition) is 7. The number of aromatic nitrogens is 3. The third kappa shape index (κ3) is 6.70. The molecular formula is C31H30N8O2. The number of piperazine rings is 1. The summed E-state index contributed by atoms with van der Waals surface area (Å²) in [6.07, 6.45) is 3.31. The lowest BCUT2D eigenvalue weighted by molar-refractivity contribution is -0.118. The summed E-state index contributed by atoms with van der Waals surface area (Å²) in [6.45, 7) is 5.64. The number of amides is 2. The third-order valence-electron chi connectivity index (χ3n) is 6.89. The van der Waals surface area contributed by atoms with Gasteiger partial charge in [0.2, 0.25) is 5.91 Å². The van der Waals surface area contributed by atoms with Crippen molar-refractivity contribution in [3.8, 4) is 17.9 Å². The van der Waals surface area contributed by atoms with Gasteiger partial charge in [-0.25, -0.2) is 9.97 Å². The van der Waals surface area contributed by atoms with Crippen molar-refractivity contribution in [2.75, 3.05) is 50.7 Å². The van der Waals surface area contributed by atoms with Gasteiger partial charge < -0.3 is 20.1 Å². The Morgan fingerprint density at radius 1 is 1.05 bits per heavy atom. The predicted octanol–water partition coefficient (Wildman–Crippen LogP) is 2.91. The summed E-state index contributed by atoms with van der Waals surface area (Å²) >= 11 is 0. The van der Waals surface area contributed by atoms with E-state index in [9.17, 15) is 9.59 Å². The van der Waals surface area contributed by atoms with Gasteiger partial charge >= 0.3 is 0 Å². The Hall–Kier alpha value is -5.19. The molecule has 1 saturated heterocycles. The minimum Gasteiger partial charge on any atom is -0.355 e. The maximum atomic E-state index is 13.5. The first-order valence-corrected chi connectivity index (χ1v) is 13.4. The number of nitrogens with zero attached hydrogens (tertiary/aromatic N) is 6. The molecule has 2 amide bonds. The van der Waals surface area contributed by atoms with Gasteiger partial charge in [0.05, 0.1) is 23.6 Å². The number of carbonyl (C=O) groups is 2. The fourth-order valence-corrected chi connectivity index (χ4v) is 4.79. The molecule has 0 spiro atoms. The highest BCUT2D eigenvalue weighted by molar-refractivity contribution is 5.96. The van der Waals surface area contributed by atoms with Gasteiger partial charge in [-0.2, -0.15) is 5.26 Å². The Labute approximate surface area is 238 Å². The van der Waals surface area contributed by atoms with Crippen LogP contribution in [0.3, 0.4) is 0 Å². The van der Waals surface area contributed by atoms with E-state index in [0.717, 1.165) is 29.7 Å². The molecule has 0 bridgehead atoms. The van der Waals surface area contributed by atoms with E-state index in [1.165, 1.54) is 13.3 Å². The van der Waals surface area contributed by atoms with E-state index >= 15 is 0 Å². The molecule has 2 aromatic heterocycles. The molecule has 41 heavy (non-hydrogen) atoms. The number of anilines is 2. The van der Waals surface area contributed by atoms with Gasteiger partial charge in [-0.05, 0) is 42.5 Å². The molecule has 5 rings (SSSR count). The summed E-state index contributed by atoms with van der Waals surface area (Å²) in [6, 6.07) is 18.8. The molecule has 0 atom stereocenters. The first-order chi connectivity index (χ1) is 20.0. The molecule has 206 valence electrons. The van der Waals surface area contributed by atoms with E-state index in [4.69, 9.17) is 5.26 Å². The van der Waals surface area contributed by atoms with Gasteiger partial charge in [0, 0.05) is 69.2 Å². The van der Waals surface area contributed by atoms with Gasteiger partial charge in [0.15, 0.2) is 0 Å². The molecule has 4 aromatic rings. The Morgan fingerprint density at radius 3 is 2.66 bits per heavy atom. The Morgan fingerprint density at radius 2 is 1.85 bits per heavy atom. The van der Waals surface area contributed by atoms with Crippen molar-refractivity contribution in [3.63, 3.8) is 0 Å². The highest BCUT2D eigenvalue weighted by atomic mass is 16.2. The molecule has 3 heterocycles. The summed E-state index contributed by atoms with van der Waals surface area (Å²) < 4.78 is 0. The number of aromatic amines is 1. The van der Waals surface area contributed by atoms with Crippen LogP contribution >= 0.6 is 0 Å². The van der Waals surface area contributed by atoms with Gasteiger partial charge in [-0.1, -0.05) is 24.0 Å². The van der Waals surface area contributed by atoms with Gasteiger partial charge in [-0.3, -0.25) is 14.5 Å². The summed E-state index contributed by atoms with van der Waals surface area (Å²) in [5.74, 6) is 6.87. The van der Waals surface area contributed by atoms with E-state index < -0.39 is 0 Å². The van der Waals surface area contributed by atoms with Crippen LogP contribution in [0.5, 0.6) is 0 Å². The van der Waals surface area contributed by atoms with Crippen molar-refractivity contribution in [1.29, 1.82) is 5.26 Å². The van der Waals surface area contributed by atoms with Crippen molar-refractivity contribution >= 4 is 34.4 Å². The summed E-state index contributed by atoms with van der Waals surface area (Å²) in [5.41, 5.74) is 3.53. The number of H-pyrrole nitrogens is 1. The second-order valence-corrected chi connectivity index (χ2v) is 9.68. The normalized spacial score (nSPS) is 13.2. The van der Waals surface area contributed by atoms with Crippen LogP contribution in [0.25, 0.3) is 11.0 Å². The standard InChI is InChI=1S/C31H30N8O2/c1-23(40)33-12-14-39(30-28-10-11-34-29(28)35-22-36-30)27-9-3-8-26(20-27)31(41)38-17-15-37(16-18-38)13-4-7-24-5-2-6-25(19-24)21-32/h2-3,5-6,8-11,19-20,22H,12-18H2,1H3,(H,33,40)(H,34,35,36). The first kappa shape index (κ1) is 27.4. The van der Waals surface area contributed by atoms with Crippen molar-refractivity contribution in [2.24, 2.45) is 0 Å². The summed E-state index contributed by atoms with van der Waals surface area (Å²) in [5, 5.41) is 12.8. The van der Waals surface area contributed by atoms with Crippen LogP contribution < -0.4 is 10.2 Å². The molecule has 1 aliphatic rings. The predicted molar refractivity (Wildman–Crippen MR) is 156 cm³/mol.